The van der Waals surface area contributed by atoms with Gasteiger partial charge in [0.25, 0.3) is 0 Å². The Bertz CT molecular complexity index is 649. The Kier molecular flexibility index (Phi) is 3.74. The summed E-state index contributed by atoms with van der Waals surface area (Å²) in [6, 6.07) is 12.2. The van der Waals surface area contributed by atoms with Gasteiger partial charge in [0.05, 0.1) is 6.10 Å². The van der Waals surface area contributed by atoms with Crippen molar-refractivity contribution in [3.05, 3.63) is 70.0 Å². The van der Waals surface area contributed by atoms with E-state index in [2.05, 4.69) is 12.1 Å². The molecule has 2 nitrogen and oxygen atoms in total. The maximum Gasteiger partial charge on any atom is 0.124 e. The fourth-order valence-electron chi connectivity index (χ4n) is 3.23. The first kappa shape index (κ1) is 14.5. The summed E-state index contributed by atoms with van der Waals surface area (Å²) in [5.41, 5.74) is 8.46. The van der Waals surface area contributed by atoms with Crippen molar-refractivity contribution in [3.63, 3.8) is 0 Å². The fourth-order valence-corrected chi connectivity index (χ4v) is 3.50. The van der Waals surface area contributed by atoms with Crippen LogP contribution in [0.2, 0.25) is 5.02 Å². The SMILES string of the molecule is NCC1(C(O)c2ccc(F)cc2Cl)Cc2ccccc2C1. The molecule has 0 bridgehead atoms. The number of nitrogens with two attached hydrogens (primary N) is 1. The summed E-state index contributed by atoms with van der Waals surface area (Å²) in [4.78, 5) is 0. The van der Waals surface area contributed by atoms with Gasteiger partial charge in [-0.2, -0.15) is 0 Å². The van der Waals surface area contributed by atoms with Gasteiger partial charge in [0.15, 0.2) is 0 Å². The van der Waals surface area contributed by atoms with E-state index in [1.165, 1.54) is 23.3 Å². The third kappa shape index (κ3) is 2.46. The van der Waals surface area contributed by atoms with Gasteiger partial charge in [-0.1, -0.05) is 41.9 Å². The van der Waals surface area contributed by atoms with Crippen molar-refractivity contribution < 1.29 is 9.50 Å². The summed E-state index contributed by atoms with van der Waals surface area (Å²) in [5, 5.41) is 11.1. The van der Waals surface area contributed by atoms with Crippen molar-refractivity contribution in [2.45, 2.75) is 18.9 Å². The van der Waals surface area contributed by atoms with E-state index >= 15 is 0 Å². The average Bonchev–Trinajstić information content (AvgIpc) is 2.86. The minimum atomic E-state index is -0.817. The highest BCUT2D eigenvalue weighted by molar-refractivity contribution is 6.31. The highest BCUT2D eigenvalue weighted by atomic mass is 35.5. The van der Waals surface area contributed by atoms with E-state index in [4.69, 9.17) is 17.3 Å². The van der Waals surface area contributed by atoms with Crippen LogP contribution in [0.25, 0.3) is 0 Å². The van der Waals surface area contributed by atoms with Gasteiger partial charge in [-0.3, -0.25) is 0 Å². The summed E-state index contributed by atoms with van der Waals surface area (Å²) < 4.78 is 13.2. The minimum absolute atomic E-state index is 0.242. The fraction of sp³-hybridized carbons (Fsp3) is 0.294. The number of rotatable bonds is 3. The van der Waals surface area contributed by atoms with Gasteiger partial charge in [-0.25, -0.2) is 4.39 Å². The first-order valence-corrected chi connectivity index (χ1v) is 7.33. The Hall–Kier alpha value is -1.42. The molecule has 110 valence electrons. The van der Waals surface area contributed by atoms with Crippen LogP contribution in [-0.2, 0) is 12.8 Å². The topological polar surface area (TPSA) is 46.2 Å². The predicted molar refractivity (Wildman–Crippen MR) is 81.7 cm³/mol. The van der Waals surface area contributed by atoms with E-state index in [0.717, 1.165) is 0 Å². The zero-order chi connectivity index (χ0) is 15.0. The van der Waals surface area contributed by atoms with Crippen molar-refractivity contribution in [1.82, 2.24) is 0 Å². The van der Waals surface area contributed by atoms with Crippen molar-refractivity contribution in [1.29, 1.82) is 0 Å². The van der Waals surface area contributed by atoms with Crippen LogP contribution in [0.5, 0.6) is 0 Å². The number of hydrogen-bond acceptors (Lipinski definition) is 2. The van der Waals surface area contributed by atoms with Crippen LogP contribution in [0.4, 0.5) is 4.39 Å². The molecular weight excluding hydrogens is 289 g/mol. The molecule has 1 aliphatic carbocycles. The smallest absolute Gasteiger partial charge is 0.124 e. The molecular formula is C17H17ClFNO. The summed E-state index contributed by atoms with van der Waals surface area (Å²) in [5.74, 6) is -0.410. The van der Waals surface area contributed by atoms with Crippen LogP contribution in [0.1, 0.15) is 22.8 Å². The second-order valence-electron chi connectivity index (χ2n) is 5.76. The summed E-state index contributed by atoms with van der Waals surface area (Å²) >= 11 is 6.09. The van der Waals surface area contributed by atoms with Gasteiger partial charge in [-0.05, 0) is 41.7 Å². The minimum Gasteiger partial charge on any atom is -0.388 e. The molecule has 0 aromatic heterocycles. The summed E-state index contributed by atoms with van der Waals surface area (Å²) in [6.07, 6.45) is 0.589. The molecule has 0 saturated heterocycles. The first-order valence-electron chi connectivity index (χ1n) is 6.95. The monoisotopic (exact) mass is 305 g/mol. The number of aliphatic hydroxyl groups is 1. The number of hydrogen-bond donors (Lipinski definition) is 2. The standard InChI is InChI=1S/C17H17ClFNO/c18-15-7-13(19)5-6-14(15)16(21)17(10-20)8-11-3-1-2-4-12(11)9-17/h1-7,16,21H,8-10,20H2. The largest absolute Gasteiger partial charge is 0.388 e. The highest BCUT2D eigenvalue weighted by Gasteiger charge is 2.43. The van der Waals surface area contributed by atoms with E-state index in [1.807, 2.05) is 12.1 Å². The second kappa shape index (κ2) is 5.41. The summed E-state index contributed by atoms with van der Waals surface area (Å²) in [7, 11) is 0. The maximum atomic E-state index is 13.2. The van der Waals surface area contributed by atoms with Gasteiger partial charge in [0, 0.05) is 17.0 Å². The number of benzene rings is 2. The molecule has 0 radical (unpaired) electrons. The van der Waals surface area contributed by atoms with E-state index in [0.29, 0.717) is 24.9 Å². The molecule has 3 N–H and O–H groups in total. The van der Waals surface area contributed by atoms with Crippen molar-refractivity contribution in [2.75, 3.05) is 6.54 Å². The van der Waals surface area contributed by atoms with Crippen LogP contribution < -0.4 is 5.73 Å². The molecule has 1 atom stereocenters. The lowest BCUT2D eigenvalue weighted by Crippen LogP contribution is -2.37. The van der Waals surface area contributed by atoms with E-state index < -0.39 is 17.3 Å². The zero-order valence-electron chi connectivity index (χ0n) is 11.5. The highest BCUT2D eigenvalue weighted by Crippen LogP contribution is 2.46. The van der Waals surface area contributed by atoms with Crippen molar-refractivity contribution in [2.24, 2.45) is 11.1 Å². The lowest BCUT2D eigenvalue weighted by Gasteiger charge is -2.33. The van der Waals surface area contributed by atoms with Crippen LogP contribution in [0, 0.1) is 11.2 Å². The number of halogens is 2. The Labute approximate surface area is 128 Å². The third-order valence-electron chi connectivity index (χ3n) is 4.45. The third-order valence-corrected chi connectivity index (χ3v) is 4.77. The molecule has 0 heterocycles. The predicted octanol–water partition coefficient (Wildman–Crippen LogP) is 3.26. The molecule has 2 aromatic carbocycles. The lowest BCUT2D eigenvalue weighted by atomic mass is 9.76. The number of fused-ring (bicyclic) bond motifs is 1. The molecule has 2 aromatic rings. The van der Waals surface area contributed by atoms with Gasteiger partial charge in [-0.15, -0.1) is 0 Å². The van der Waals surface area contributed by atoms with Gasteiger partial charge in [0.1, 0.15) is 5.82 Å². The molecule has 0 spiro atoms. The molecule has 0 aliphatic heterocycles. The van der Waals surface area contributed by atoms with Gasteiger partial charge in [0.2, 0.25) is 0 Å². The van der Waals surface area contributed by atoms with E-state index in [9.17, 15) is 9.50 Å². The molecule has 1 unspecified atom stereocenters. The Morgan fingerprint density at radius 3 is 2.33 bits per heavy atom. The Balaban J connectivity index is 1.98. The van der Waals surface area contributed by atoms with Gasteiger partial charge < -0.3 is 10.8 Å². The maximum absolute atomic E-state index is 13.2. The molecule has 1 aliphatic rings. The van der Waals surface area contributed by atoms with Crippen molar-refractivity contribution >= 4 is 11.6 Å². The van der Waals surface area contributed by atoms with Gasteiger partial charge >= 0.3 is 0 Å². The quantitative estimate of drug-likeness (QED) is 0.914. The molecule has 0 fully saturated rings. The summed E-state index contributed by atoms with van der Waals surface area (Å²) in [6.45, 7) is 0.344. The first-order chi connectivity index (χ1) is 10.1. The molecule has 4 heteroatoms. The Morgan fingerprint density at radius 1 is 1.19 bits per heavy atom. The normalized spacial score (nSPS) is 17.5. The number of aliphatic hydroxyl groups excluding tert-OH is 1. The second-order valence-corrected chi connectivity index (χ2v) is 6.16. The average molecular weight is 306 g/mol. The van der Waals surface area contributed by atoms with Crippen LogP contribution in [0.15, 0.2) is 42.5 Å². The Morgan fingerprint density at radius 2 is 1.81 bits per heavy atom. The van der Waals surface area contributed by atoms with Crippen LogP contribution in [0.3, 0.4) is 0 Å². The van der Waals surface area contributed by atoms with Crippen LogP contribution in [-0.4, -0.2) is 11.7 Å². The molecule has 0 saturated carbocycles. The van der Waals surface area contributed by atoms with E-state index in [-0.39, 0.29) is 5.02 Å². The van der Waals surface area contributed by atoms with Crippen molar-refractivity contribution in [3.8, 4) is 0 Å². The van der Waals surface area contributed by atoms with Crippen LogP contribution >= 0.6 is 11.6 Å². The molecule has 0 amide bonds. The molecule has 21 heavy (non-hydrogen) atoms. The zero-order valence-corrected chi connectivity index (χ0v) is 12.3. The lowest BCUT2D eigenvalue weighted by molar-refractivity contribution is 0.0358. The molecule has 3 rings (SSSR count). The van der Waals surface area contributed by atoms with E-state index in [1.54, 1.807) is 6.07 Å².